The van der Waals surface area contributed by atoms with E-state index >= 15 is 0 Å². The van der Waals surface area contributed by atoms with Gasteiger partial charge in [-0.2, -0.15) is 17.0 Å². The van der Waals surface area contributed by atoms with E-state index in [1.165, 1.54) is 41.7 Å². The molecule has 4 heterocycles. The summed E-state index contributed by atoms with van der Waals surface area (Å²) in [4.78, 5) is 67.4. The molecule has 20 heteroatoms. The first-order valence-electron chi connectivity index (χ1n) is 22.8. The van der Waals surface area contributed by atoms with Gasteiger partial charge < -0.3 is 40.7 Å². The standard InChI is InChI=1S/C46H63N9O9S2/c1-28(2)47-45-51-38(27-65-45)36-23-40(33-20-19-31(63-6)21-35(33)48-36)64-32-22-39-41(56)52-46(43(58)59)24-30(46)17-13-8-7-9-14-18-34(42(57)55(39)25-32)49-44(60)50-37(29-15-11-10-12-16-29)26-54(5)66(61,62)53(3)4/h13,17,19-21,23,27-28,30,32,34,39H,7-12,14-16,18,22,24-26H2,1-6H3,(H,47,51)(H,52,56)(H,58,59)(H2,49,50,60)/b17-13-/t30?,32-,34+,39+,46-/m1/s1. The number of thiazole rings is 1. The number of rotatable bonds is 13. The third kappa shape index (κ3) is 11.1. The van der Waals surface area contributed by atoms with Crippen molar-refractivity contribution in [2.45, 2.75) is 121 Å². The highest BCUT2D eigenvalue weighted by Crippen LogP contribution is 2.46. The van der Waals surface area contributed by atoms with Crippen molar-refractivity contribution in [3.63, 3.8) is 0 Å². The SMILES string of the molecule is COc1ccc2c(O[C@@H]3C[C@H]4C(=O)N[C@]5(C(=O)O)CC5/C=C\CCCCC[C@H](NC(=O)NC(CN(C)S(=O)(=O)N(C)C)=C5CCCCC5)C(=O)N4C3)cc(-c3csc(NC(C)C)n3)nc2c1. The van der Waals surface area contributed by atoms with Crippen molar-refractivity contribution in [3.8, 4) is 22.9 Å². The molecule has 18 nitrogen and oxygen atoms in total. The van der Waals surface area contributed by atoms with Gasteiger partial charge >= 0.3 is 12.0 Å². The molecule has 2 saturated carbocycles. The van der Waals surface area contributed by atoms with E-state index in [9.17, 15) is 32.7 Å². The Morgan fingerprint density at radius 2 is 1.80 bits per heavy atom. The number of carboxylic acid groups (broad SMARTS) is 1. The number of carboxylic acids is 1. The lowest BCUT2D eigenvalue weighted by Crippen LogP contribution is -2.57. The van der Waals surface area contributed by atoms with Crippen LogP contribution in [0.3, 0.4) is 0 Å². The predicted octanol–water partition coefficient (Wildman–Crippen LogP) is 5.64. The maximum Gasteiger partial charge on any atom is 0.330 e. The second kappa shape index (κ2) is 20.7. The minimum Gasteiger partial charge on any atom is -0.497 e. The van der Waals surface area contributed by atoms with E-state index in [2.05, 4.69) is 21.3 Å². The summed E-state index contributed by atoms with van der Waals surface area (Å²) in [5.41, 5.74) is 1.65. The molecule has 4 amide bonds. The van der Waals surface area contributed by atoms with Gasteiger partial charge in [0, 0.05) is 68.1 Å². The number of allylic oxidation sites excluding steroid dienone is 2. The maximum atomic E-state index is 15.0. The molecule has 2 aromatic heterocycles. The summed E-state index contributed by atoms with van der Waals surface area (Å²) in [6, 6.07) is 4.49. The van der Waals surface area contributed by atoms with E-state index in [0.717, 1.165) is 47.1 Å². The van der Waals surface area contributed by atoms with E-state index in [4.69, 9.17) is 19.4 Å². The molecule has 3 fully saturated rings. The van der Waals surface area contributed by atoms with Gasteiger partial charge in [-0.3, -0.25) is 9.59 Å². The largest absolute Gasteiger partial charge is 0.497 e. The summed E-state index contributed by atoms with van der Waals surface area (Å²) in [5, 5.41) is 25.7. The van der Waals surface area contributed by atoms with Crippen LogP contribution in [-0.4, -0.2) is 132 Å². The first-order valence-corrected chi connectivity index (χ1v) is 25.1. The first kappa shape index (κ1) is 48.6. The van der Waals surface area contributed by atoms with Crippen LogP contribution in [0.5, 0.6) is 11.5 Å². The Balaban J connectivity index is 1.20. The number of fused-ring (bicyclic) bond motifs is 3. The molecule has 1 saturated heterocycles. The lowest BCUT2D eigenvalue weighted by Gasteiger charge is -2.30. The molecule has 3 aromatic rings. The highest BCUT2D eigenvalue weighted by Gasteiger charge is 2.61. The molecule has 4 aliphatic rings. The number of urea groups is 1. The van der Waals surface area contributed by atoms with Gasteiger partial charge in [0.1, 0.15) is 40.9 Å². The first-order chi connectivity index (χ1) is 31.5. The van der Waals surface area contributed by atoms with E-state index < -0.39 is 63.7 Å². The molecule has 358 valence electrons. The Kier molecular flexibility index (Phi) is 15.2. The number of ether oxygens (including phenoxy) is 2. The molecular weight excluding hydrogens is 887 g/mol. The molecule has 0 bridgehead atoms. The fraction of sp³-hybridized carbons (Fsp3) is 0.565. The predicted molar refractivity (Wildman–Crippen MR) is 252 cm³/mol. The summed E-state index contributed by atoms with van der Waals surface area (Å²) in [5.74, 6) is -1.67. The molecule has 7 rings (SSSR count). The van der Waals surface area contributed by atoms with Crippen LogP contribution >= 0.6 is 11.3 Å². The van der Waals surface area contributed by atoms with Crippen LogP contribution in [-0.2, 0) is 24.6 Å². The number of pyridine rings is 1. The van der Waals surface area contributed by atoms with Crippen molar-refractivity contribution in [1.29, 1.82) is 0 Å². The monoisotopic (exact) mass is 949 g/mol. The zero-order chi connectivity index (χ0) is 47.3. The molecule has 5 N–H and O–H groups in total. The number of anilines is 1. The van der Waals surface area contributed by atoms with Gasteiger partial charge in [-0.05, 0) is 82.9 Å². The minimum atomic E-state index is -3.81. The van der Waals surface area contributed by atoms with Crippen LogP contribution in [0.25, 0.3) is 22.3 Å². The fourth-order valence-electron chi connectivity index (χ4n) is 9.00. The molecule has 1 aromatic carbocycles. The maximum absolute atomic E-state index is 15.0. The molecule has 66 heavy (non-hydrogen) atoms. The summed E-state index contributed by atoms with van der Waals surface area (Å²) < 4.78 is 40.7. The Morgan fingerprint density at radius 3 is 2.52 bits per heavy atom. The van der Waals surface area contributed by atoms with Crippen molar-refractivity contribution in [2.24, 2.45) is 5.92 Å². The van der Waals surface area contributed by atoms with E-state index in [0.29, 0.717) is 65.2 Å². The zero-order valence-electron chi connectivity index (χ0n) is 38.6. The number of hydrogen-bond acceptors (Lipinski definition) is 12. The lowest BCUT2D eigenvalue weighted by atomic mass is 9.93. The van der Waals surface area contributed by atoms with Crippen molar-refractivity contribution in [2.75, 3.05) is 46.7 Å². The number of aliphatic carboxylic acids is 1. The average molecular weight is 950 g/mol. The molecule has 2 aliphatic heterocycles. The van der Waals surface area contributed by atoms with Crippen LogP contribution in [0.2, 0.25) is 0 Å². The highest BCUT2D eigenvalue weighted by atomic mass is 32.2. The highest BCUT2D eigenvalue weighted by molar-refractivity contribution is 7.86. The molecule has 0 radical (unpaired) electrons. The number of carbonyl (C=O) groups excluding carboxylic acids is 3. The minimum absolute atomic E-state index is 0.0318. The summed E-state index contributed by atoms with van der Waals surface area (Å²) in [7, 11) is 2.11. The second-order valence-electron chi connectivity index (χ2n) is 18.2. The third-order valence-electron chi connectivity index (χ3n) is 12.8. The number of benzene rings is 1. The molecule has 2 aliphatic carbocycles. The van der Waals surface area contributed by atoms with E-state index in [1.54, 1.807) is 25.3 Å². The zero-order valence-corrected chi connectivity index (χ0v) is 40.2. The van der Waals surface area contributed by atoms with Gasteiger partial charge in [0.15, 0.2) is 5.13 Å². The molecule has 5 atom stereocenters. The number of carbonyl (C=O) groups is 4. The second-order valence-corrected chi connectivity index (χ2v) is 21.3. The summed E-state index contributed by atoms with van der Waals surface area (Å²) >= 11 is 1.45. The molecular formula is C46H63N9O9S2. The van der Waals surface area contributed by atoms with Crippen molar-refractivity contribution >= 4 is 61.4 Å². The van der Waals surface area contributed by atoms with Crippen LogP contribution < -0.4 is 30.7 Å². The fourth-order valence-corrected chi connectivity index (χ4v) is 10.7. The molecule has 1 unspecified atom stereocenters. The van der Waals surface area contributed by atoms with Crippen LogP contribution in [0.1, 0.15) is 90.9 Å². The quantitative estimate of drug-likeness (QED) is 0.131. The summed E-state index contributed by atoms with van der Waals surface area (Å²) in [6.45, 7) is 3.93. The Labute approximate surface area is 390 Å². The summed E-state index contributed by atoms with van der Waals surface area (Å²) in [6.07, 6.45) is 10.6. The van der Waals surface area contributed by atoms with Gasteiger partial charge in [0.2, 0.25) is 11.8 Å². The van der Waals surface area contributed by atoms with Gasteiger partial charge in [-0.15, -0.1) is 11.3 Å². The Morgan fingerprint density at radius 1 is 1.05 bits per heavy atom. The average Bonchev–Trinajstić information content (AvgIpc) is 3.54. The number of nitrogens with zero attached hydrogens (tertiary/aromatic N) is 5. The van der Waals surface area contributed by atoms with E-state index in [-0.39, 0.29) is 38.4 Å². The Bertz CT molecular complexity index is 2470. The normalized spacial score (nSPS) is 24.5. The van der Waals surface area contributed by atoms with Gasteiger partial charge in [0.25, 0.3) is 10.2 Å². The third-order valence-corrected chi connectivity index (χ3v) is 15.4. The van der Waals surface area contributed by atoms with Crippen LogP contribution in [0.4, 0.5) is 9.93 Å². The van der Waals surface area contributed by atoms with Crippen molar-refractivity contribution in [3.05, 3.63) is 53.1 Å². The lowest BCUT2D eigenvalue weighted by molar-refractivity contribution is -0.145. The number of amides is 4. The van der Waals surface area contributed by atoms with Crippen LogP contribution in [0, 0.1) is 5.92 Å². The topological polar surface area (TPSA) is 225 Å². The van der Waals surface area contributed by atoms with Crippen LogP contribution in [0.15, 0.2) is 53.1 Å². The van der Waals surface area contributed by atoms with Gasteiger partial charge in [-0.1, -0.05) is 31.4 Å². The van der Waals surface area contributed by atoms with Crippen molar-refractivity contribution < 1.29 is 42.2 Å². The van der Waals surface area contributed by atoms with Gasteiger partial charge in [-0.25, -0.2) is 19.6 Å². The smallest absolute Gasteiger partial charge is 0.330 e. The van der Waals surface area contributed by atoms with Crippen molar-refractivity contribution in [1.82, 2.24) is 39.4 Å². The molecule has 0 spiro atoms. The number of aromatic nitrogens is 2. The number of nitrogens with one attached hydrogen (secondary N) is 4. The number of hydrogen-bond donors (Lipinski definition) is 5. The Hall–Kier alpha value is -5.31. The van der Waals surface area contributed by atoms with Gasteiger partial charge in [0.05, 0.1) is 31.4 Å². The van der Waals surface area contributed by atoms with E-state index in [1.807, 2.05) is 37.4 Å². The number of methoxy groups -OCH3 is 1. The number of likely N-dealkylation sites (N-methyl/N-ethyl adjacent to an activating group) is 1.